The molecule has 1 atom stereocenters. The summed E-state index contributed by atoms with van der Waals surface area (Å²) in [7, 11) is 3.16. The molecule has 0 fully saturated rings. The van der Waals surface area contributed by atoms with Gasteiger partial charge in [0.05, 0.1) is 20.3 Å². The summed E-state index contributed by atoms with van der Waals surface area (Å²) in [6.45, 7) is 1.37. The minimum absolute atomic E-state index is 0.155. The summed E-state index contributed by atoms with van der Waals surface area (Å²) < 4.78 is 13.8. The summed E-state index contributed by atoms with van der Waals surface area (Å²) in [5, 5.41) is 3.00. The fourth-order valence-electron chi connectivity index (χ4n) is 3.71. The van der Waals surface area contributed by atoms with Crippen LogP contribution in [0.1, 0.15) is 17.3 Å². The van der Waals surface area contributed by atoms with Gasteiger partial charge >= 0.3 is 6.03 Å². The van der Waals surface area contributed by atoms with Crippen LogP contribution in [0, 0.1) is 0 Å². The minimum Gasteiger partial charge on any atom is -0.493 e. The van der Waals surface area contributed by atoms with Crippen LogP contribution in [0.5, 0.6) is 11.5 Å². The zero-order valence-electron chi connectivity index (χ0n) is 16.3. The first kappa shape index (κ1) is 19.4. The Labute approximate surface area is 178 Å². The Morgan fingerprint density at radius 2 is 1.79 bits per heavy atom. The molecular weight excluding hydrogens is 434 g/mol. The summed E-state index contributed by atoms with van der Waals surface area (Å²) >= 11 is 3.49. The van der Waals surface area contributed by atoms with Crippen LogP contribution in [0.25, 0.3) is 0 Å². The van der Waals surface area contributed by atoms with Crippen LogP contribution >= 0.6 is 15.9 Å². The number of benzene rings is 2. The molecule has 29 heavy (non-hydrogen) atoms. The summed E-state index contributed by atoms with van der Waals surface area (Å²) in [5.41, 5.74) is 2.82. The average Bonchev–Trinajstić information content (AvgIpc) is 3.22. The number of urea groups is 1. The summed E-state index contributed by atoms with van der Waals surface area (Å²) in [6, 6.07) is 17.2. The zero-order chi connectivity index (χ0) is 20.4. The summed E-state index contributed by atoms with van der Waals surface area (Å²) in [4.78, 5) is 15.1. The van der Waals surface area contributed by atoms with Crippen LogP contribution < -0.4 is 14.8 Å². The van der Waals surface area contributed by atoms with E-state index in [1.54, 1.807) is 32.4 Å². The number of fused-ring (bicyclic) bond motifs is 1. The van der Waals surface area contributed by atoms with E-state index in [1.165, 1.54) is 0 Å². The Hall–Kier alpha value is -2.93. The topological polar surface area (TPSA) is 55.7 Å². The van der Waals surface area contributed by atoms with Crippen molar-refractivity contribution in [1.29, 1.82) is 0 Å². The van der Waals surface area contributed by atoms with Crippen molar-refractivity contribution in [3.8, 4) is 11.5 Å². The minimum atomic E-state index is -0.160. The molecule has 2 amide bonds. The Morgan fingerprint density at radius 3 is 2.52 bits per heavy atom. The number of nitrogens with zero attached hydrogens (tertiary/aromatic N) is 2. The quantitative estimate of drug-likeness (QED) is 0.608. The molecule has 1 aliphatic heterocycles. The van der Waals surface area contributed by atoms with Crippen LogP contribution in [-0.4, -0.2) is 36.3 Å². The molecule has 1 aromatic heterocycles. The lowest BCUT2D eigenvalue weighted by molar-refractivity contribution is 0.182. The number of carbonyl (C=O) groups is 1. The normalized spacial score (nSPS) is 15.6. The fraction of sp³-hybridized carbons (Fsp3) is 0.227. The van der Waals surface area contributed by atoms with E-state index in [9.17, 15) is 4.79 Å². The van der Waals surface area contributed by atoms with Crippen molar-refractivity contribution >= 4 is 27.6 Å². The molecule has 0 radical (unpaired) electrons. The SMILES string of the molecule is COc1ccc(NC(=O)N2CCn3cccc3[C@@H]2c2ccc(Br)cc2)cc1OC. The number of hydrogen-bond acceptors (Lipinski definition) is 3. The van der Waals surface area contributed by atoms with Crippen LogP contribution in [0.3, 0.4) is 0 Å². The van der Waals surface area contributed by atoms with Crippen LogP contribution in [0.2, 0.25) is 0 Å². The van der Waals surface area contributed by atoms with Gasteiger partial charge in [0.15, 0.2) is 11.5 Å². The smallest absolute Gasteiger partial charge is 0.322 e. The molecule has 6 nitrogen and oxygen atoms in total. The molecule has 4 rings (SSSR count). The third kappa shape index (κ3) is 3.82. The van der Waals surface area contributed by atoms with E-state index in [0.29, 0.717) is 23.7 Å². The van der Waals surface area contributed by atoms with E-state index in [4.69, 9.17) is 9.47 Å². The molecule has 0 aliphatic carbocycles. The number of anilines is 1. The maximum atomic E-state index is 13.2. The van der Waals surface area contributed by atoms with Gasteiger partial charge in [0, 0.05) is 41.2 Å². The second kappa shape index (κ2) is 8.21. The maximum Gasteiger partial charge on any atom is 0.322 e. The van der Waals surface area contributed by atoms with Crippen molar-refractivity contribution in [3.63, 3.8) is 0 Å². The molecule has 3 aromatic rings. The van der Waals surface area contributed by atoms with Gasteiger partial charge in [-0.05, 0) is 42.0 Å². The van der Waals surface area contributed by atoms with Crippen molar-refractivity contribution in [2.24, 2.45) is 0 Å². The number of amides is 2. The van der Waals surface area contributed by atoms with Crippen LogP contribution in [-0.2, 0) is 6.54 Å². The Balaban J connectivity index is 1.64. The largest absolute Gasteiger partial charge is 0.493 e. The lowest BCUT2D eigenvalue weighted by Crippen LogP contribution is -2.44. The van der Waals surface area contributed by atoms with E-state index in [2.05, 4.69) is 38.1 Å². The van der Waals surface area contributed by atoms with Crippen molar-refractivity contribution < 1.29 is 14.3 Å². The number of methoxy groups -OCH3 is 2. The molecule has 0 saturated heterocycles. The van der Waals surface area contributed by atoms with Crippen LogP contribution in [0.4, 0.5) is 10.5 Å². The lowest BCUT2D eigenvalue weighted by atomic mass is 10.0. The van der Waals surface area contributed by atoms with Gasteiger partial charge in [0.2, 0.25) is 0 Å². The molecule has 0 unspecified atom stereocenters. The van der Waals surface area contributed by atoms with Crippen molar-refractivity contribution in [1.82, 2.24) is 9.47 Å². The number of nitrogens with one attached hydrogen (secondary N) is 1. The molecule has 7 heteroatoms. The number of halogens is 1. The predicted octanol–water partition coefficient (Wildman–Crippen LogP) is 4.90. The second-order valence-corrected chi connectivity index (χ2v) is 7.69. The first-order valence-electron chi connectivity index (χ1n) is 9.31. The standard InChI is InChI=1S/C22H22BrN3O3/c1-28-19-10-9-17(14-20(19)29-2)24-22(27)26-13-12-25-11-3-4-18(25)21(26)15-5-7-16(23)8-6-15/h3-11,14,21H,12-13H2,1-2H3,(H,24,27)/t21-/m0/s1. The lowest BCUT2D eigenvalue weighted by Gasteiger charge is -2.37. The number of ether oxygens (including phenoxy) is 2. The predicted molar refractivity (Wildman–Crippen MR) is 116 cm³/mol. The van der Waals surface area contributed by atoms with Gasteiger partial charge in [0.1, 0.15) is 0 Å². The van der Waals surface area contributed by atoms with E-state index in [-0.39, 0.29) is 12.1 Å². The third-order valence-corrected chi connectivity index (χ3v) is 5.65. The summed E-state index contributed by atoms with van der Waals surface area (Å²) in [6.07, 6.45) is 2.06. The molecule has 150 valence electrons. The second-order valence-electron chi connectivity index (χ2n) is 6.77. The first-order chi connectivity index (χ1) is 14.1. The van der Waals surface area contributed by atoms with E-state index >= 15 is 0 Å². The third-order valence-electron chi connectivity index (χ3n) is 5.12. The molecular formula is C22H22BrN3O3. The highest BCUT2D eigenvalue weighted by atomic mass is 79.9. The first-order valence-corrected chi connectivity index (χ1v) is 10.1. The van der Waals surface area contributed by atoms with Gasteiger partial charge in [-0.25, -0.2) is 4.79 Å². The highest BCUT2D eigenvalue weighted by Gasteiger charge is 2.32. The molecule has 0 spiro atoms. The van der Waals surface area contributed by atoms with Gasteiger partial charge in [0.25, 0.3) is 0 Å². The highest BCUT2D eigenvalue weighted by Crippen LogP contribution is 2.34. The Kier molecular flexibility index (Phi) is 5.49. The molecule has 0 bridgehead atoms. The van der Waals surface area contributed by atoms with Crippen LogP contribution in [0.15, 0.2) is 65.3 Å². The van der Waals surface area contributed by atoms with Gasteiger partial charge in [-0.3, -0.25) is 0 Å². The molecule has 2 heterocycles. The highest BCUT2D eigenvalue weighted by molar-refractivity contribution is 9.10. The number of carbonyl (C=O) groups excluding carboxylic acids is 1. The maximum absolute atomic E-state index is 13.2. The molecule has 2 aromatic carbocycles. The number of aromatic nitrogens is 1. The molecule has 1 aliphatic rings. The average molecular weight is 456 g/mol. The Morgan fingerprint density at radius 1 is 1.03 bits per heavy atom. The fourth-order valence-corrected chi connectivity index (χ4v) is 3.97. The van der Waals surface area contributed by atoms with E-state index in [0.717, 1.165) is 22.3 Å². The van der Waals surface area contributed by atoms with Gasteiger partial charge < -0.3 is 24.3 Å². The van der Waals surface area contributed by atoms with E-state index < -0.39 is 0 Å². The van der Waals surface area contributed by atoms with Gasteiger partial charge in [-0.1, -0.05) is 28.1 Å². The number of hydrogen-bond donors (Lipinski definition) is 1. The van der Waals surface area contributed by atoms with Crippen molar-refractivity contribution in [2.45, 2.75) is 12.6 Å². The molecule has 0 saturated carbocycles. The summed E-state index contributed by atoms with van der Waals surface area (Å²) in [5.74, 6) is 1.19. The van der Waals surface area contributed by atoms with E-state index in [1.807, 2.05) is 35.2 Å². The number of rotatable bonds is 4. The van der Waals surface area contributed by atoms with Gasteiger partial charge in [-0.15, -0.1) is 0 Å². The Bertz CT molecular complexity index is 1020. The molecule has 1 N–H and O–H groups in total. The van der Waals surface area contributed by atoms with Crippen molar-refractivity contribution in [3.05, 3.63) is 76.5 Å². The monoisotopic (exact) mass is 455 g/mol. The van der Waals surface area contributed by atoms with Crippen molar-refractivity contribution in [2.75, 3.05) is 26.1 Å². The van der Waals surface area contributed by atoms with Gasteiger partial charge in [-0.2, -0.15) is 0 Å². The zero-order valence-corrected chi connectivity index (χ0v) is 17.8.